The Bertz CT molecular complexity index is 498. The summed E-state index contributed by atoms with van der Waals surface area (Å²) < 4.78 is 5.11. The molecule has 1 atom stereocenters. The van der Waals surface area contributed by atoms with Crippen LogP contribution in [0.4, 0.5) is 11.4 Å². The van der Waals surface area contributed by atoms with E-state index in [1.54, 1.807) is 12.5 Å². The zero-order chi connectivity index (χ0) is 13.1. The highest BCUT2D eigenvalue weighted by Crippen LogP contribution is 2.24. The van der Waals surface area contributed by atoms with Gasteiger partial charge in [0, 0.05) is 30.0 Å². The fourth-order valence-corrected chi connectivity index (χ4v) is 2.60. The fourth-order valence-electron chi connectivity index (χ4n) is 2.60. The van der Waals surface area contributed by atoms with Crippen LogP contribution in [0.3, 0.4) is 0 Å². The third-order valence-corrected chi connectivity index (χ3v) is 3.76. The van der Waals surface area contributed by atoms with E-state index in [1.807, 2.05) is 6.07 Å². The van der Waals surface area contributed by atoms with Gasteiger partial charge in [-0.3, -0.25) is 0 Å². The van der Waals surface area contributed by atoms with E-state index < -0.39 is 0 Å². The van der Waals surface area contributed by atoms with Crippen molar-refractivity contribution in [2.45, 2.75) is 25.8 Å². The van der Waals surface area contributed by atoms with Crippen molar-refractivity contribution in [1.82, 2.24) is 0 Å². The zero-order valence-corrected chi connectivity index (χ0v) is 11.3. The van der Waals surface area contributed by atoms with Gasteiger partial charge in [0.25, 0.3) is 0 Å². The first-order valence-electron chi connectivity index (χ1n) is 6.96. The van der Waals surface area contributed by atoms with E-state index >= 15 is 0 Å². The van der Waals surface area contributed by atoms with Gasteiger partial charge in [0.2, 0.25) is 0 Å². The maximum atomic E-state index is 5.11. The maximum absolute atomic E-state index is 5.11. The Labute approximate surface area is 114 Å². The number of anilines is 2. The normalized spacial score (nSPS) is 16.6. The van der Waals surface area contributed by atoms with E-state index in [1.165, 1.54) is 37.2 Å². The number of hydrogen-bond donors (Lipinski definition) is 1. The van der Waals surface area contributed by atoms with E-state index in [0.717, 1.165) is 5.69 Å². The minimum absolute atomic E-state index is 0.261. The molecular formula is C16H20N2O. The topological polar surface area (TPSA) is 28.4 Å². The first-order chi connectivity index (χ1) is 9.33. The molecule has 0 saturated carbocycles. The average Bonchev–Trinajstić information content (AvgIpc) is 3.13. The number of hydrogen-bond acceptors (Lipinski definition) is 3. The minimum atomic E-state index is 0.261. The molecule has 0 bridgehead atoms. The molecule has 0 spiro atoms. The smallest absolute Gasteiger partial charge is 0.0955 e. The van der Waals surface area contributed by atoms with Crippen LogP contribution in [0.15, 0.2) is 47.3 Å². The molecule has 1 aromatic heterocycles. The van der Waals surface area contributed by atoms with E-state index in [9.17, 15) is 0 Å². The van der Waals surface area contributed by atoms with Crippen molar-refractivity contribution < 1.29 is 4.42 Å². The summed E-state index contributed by atoms with van der Waals surface area (Å²) in [6.07, 6.45) is 6.13. The second-order valence-electron chi connectivity index (χ2n) is 5.16. The van der Waals surface area contributed by atoms with Gasteiger partial charge in [-0.05, 0) is 50.1 Å². The number of rotatable bonds is 4. The molecule has 1 aromatic carbocycles. The Hall–Kier alpha value is -1.90. The van der Waals surface area contributed by atoms with Gasteiger partial charge in [-0.2, -0.15) is 0 Å². The van der Waals surface area contributed by atoms with Gasteiger partial charge < -0.3 is 14.6 Å². The Morgan fingerprint density at radius 3 is 2.47 bits per heavy atom. The number of nitrogens with one attached hydrogen (secondary N) is 1. The zero-order valence-electron chi connectivity index (χ0n) is 11.3. The van der Waals surface area contributed by atoms with Crippen LogP contribution in [0.2, 0.25) is 0 Å². The lowest BCUT2D eigenvalue weighted by molar-refractivity contribution is 0.562. The van der Waals surface area contributed by atoms with Crippen molar-refractivity contribution in [3.05, 3.63) is 48.4 Å². The molecule has 3 nitrogen and oxygen atoms in total. The molecule has 1 fully saturated rings. The summed E-state index contributed by atoms with van der Waals surface area (Å²) in [4.78, 5) is 2.45. The van der Waals surface area contributed by atoms with Crippen LogP contribution in [-0.4, -0.2) is 13.1 Å². The van der Waals surface area contributed by atoms with E-state index in [-0.39, 0.29) is 6.04 Å². The standard InChI is InChI=1S/C16H20N2O/c1-13(14-8-11-19-12-14)17-15-4-6-16(7-5-15)18-9-2-3-10-18/h4-8,11-13,17H,2-3,9-10H2,1H3. The van der Waals surface area contributed by atoms with Gasteiger partial charge in [0.1, 0.15) is 0 Å². The van der Waals surface area contributed by atoms with E-state index in [2.05, 4.69) is 41.4 Å². The Morgan fingerprint density at radius 2 is 1.84 bits per heavy atom. The van der Waals surface area contributed by atoms with E-state index in [0.29, 0.717) is 0 Å². The van der Waals surface area contributed by atoms with Crippen LogP contribution in [0.5, 0.6) is 0 Å². The van der Waals surface area contributed by atoms with Crippen LogP contribution in [0.1, 0.15) is 31.4 Å². The molecule has 0 aliphatic carbocycles. The first kappa shape index (κ1) is 12.2. The van der Waals surface area contributed by atoms with Crippen LogP contribution in [0.25, 0.3) is 0 Å². The van der Waals surface area contributed by atoms with Gasteiger partial charge in [0.05, 0.1) is 18.6 Å². The predicted molar refractivity (Wildman–Crippen MR) is 78.6 cm³/mol. The highest BCUT2D eigenvalue weighted by molar-refractivity contribution is 5.56. The molecule has 100 valence electrons. The van der Waals surface area contributed by atoms with Gasteiger partial charge in [-0.15, -0.1) is 0 Å². The van der Waals surface area contributed by atoms with Crippen molar-refractivity contribution in [2.75, 3.05) is 23.3 Å². The molecule has 19 heavy (non-hydrogen) atoms. The van der Waals surface area contributed by atoms with E-state index in [4.69, 9.17) is 4.42 Å². The van der Waals surface area contributed by atoms with Crippen LogP contribution < -0.4 is 10.2 Å². The SMILES string of the molecule is CC(Nc1ccc(N2CCCC2)cc1)c1ccoc1. The molecule has 3 rings (SSSR count). The molecule has 1 aliphatic heterocycles. The summed E-state index contributed by atoms with van der Waals surface area (Å²) >= 11 is 0. The van der Waals surface area contributed by atoms with Crippen LogP contribution >= 0.6 is 0 Å². The second-order valence-corrected chi connectivity index (χ2v) is 5.16. The van der Waals surface area contributed by atoms with Crippen molar-refractivity contribution in [1.29, 1.82) is 0 Å². The monoisotopic (exact) mass is 256 g/mol. The van der Waals surface area contributed by atoms with Crippen molar-refractivity contribution in [3.8, 4) is 0 Å². The third-order valence-electron chi connectivity index (χ3n) is 3.76. The maximum Gasteiger partial charge on any atom is 0.0955 e. The van der Waals surface area contributed by atoms with Crippen molar-refractivity contribution in [2.24, 2.45) is 0 Å². The summed E-state index contributed by atoms with van der Waals surface area (Å²) in [5.41, 5.74) is 3.65. The predicted octanol–water partition coefficient (Wildman–Crippen LogP) is 4.05. The lowest BCUT2D eigenvalue weighted by Gasteiger charge is -2.19. The van der Waals surface area contributed by atoms with Crippen LogP contribution in [-0.2, 0) is 0 Å². The molecule has 3 heteroatoms. The van der Waals surface area contributed by atoms with Crippen molar-refractivity contribution >= 4 is 11.4 Å². The van der Waals surface area contributed by atoms with Gasteiger partial charge in [0.15, 0.2) is 0 Å². The van der Waals surface area contributed by atoms with Gasteiger partial charge in [-0.25, -0.2) is 0 Å². The van der Waals surface area contributed by atoms with Gasteiger partial charge >= 0.3 is 0 Å². The lowest BCUT2D eigenvalue weighted by Crippen LogP contribution is -2.17. The first-order valence-corrected chi connectivity index (χ1v) is 6.96. The van der Waals surface area contributed by atoms with Crippen LogP contribution in [0, 0.1) is 0 Å². The summed E-state index contributed by atoms with van der Waals surface area (Å²) in [6.45, 7) is 4.52. The highest BCUT2D eigenvalue weighted by atomic mass is 16.3. The molecule has 2 heterocycles. The van der Waals surface area contributed by atoms with Crippen molar-refractivity contribution in [3.63, 3.8) is 0 Å². The summed E-state index contributed by atoms with van der Waals surface area (Å²) in [5, 5.41) is 3.48. The van der Waals surface area contributed by atoms with Gasteiger partial charge in [-0.1, -0.05) is 0 Å². The molecule has 1 saturated heterocycles. The third kappa shape index (κ3) is 2.75. The fraction of sp³-hybridized carbons (Fsp3) is 0.375. The molecule has 2 aromatic rings. The Balaban J connectivity index is 1.65. The molecule has 1 aliphatic rings. The summed E-state index contributed by atoms with van der Waals surface area (Å²) in [7, 11) is 0. The Kier molecular flexibility index (Phi) is 3.45. The lowest BCUT2D eigenvalue weighted by atomic mass is 10.1. The number of furan rings is 1. The Morgan fingerprint density at radius 1 is 1.11 bits per heavy atom. The summed E-state index contributed by atoms with van der Waals surface area (Å²) in [6, 6.07) is 11.0. The summed E-state index contributed by atoms with van der Waals surface area (Å²) in [5.74, 6) is 0. The molecule has 0 radical (unpaired) electrons. The highest BCUT2D eigenvalue weighted by Gasteiger charge is 2.12. The average molecular weight is 256 g/mol. The molecule has 1 N–H and O–H groups in total. The quantitative estimate of drug-likeness (QED) is 0.894. The minimum Gasteiger partial charge on any atom is -0.472 e. The number of benzene rings is 1. The molecule has 1 unspecified atom stereocenters. The largest absolute Gasteiger partial charge is 0.472 e. The second kappa shape index (κ2) is 5.39. The molecular weight excluding hydrogens is 236 g/mol. The molecule has 0 amide bonds. The number of nitrogens with zero attached hydrogens (tertiary/aromatic N) is 1.